The Labute approximate surface area is 101 Å². The zero-order valence-electron chi connectivity index (χ0n) is 8.79. The Morgan fingerprint density at radius 3 is 2.38 bits per heavy atom. The first kappa shape index (κ1) is 13.3. The first-order valence-electron chi connectivity index (χ1n) is 4.37. The average molecular weight is 260 g/mol. The molecule has 0 heterocycles. The molecule has 1 nitrogen and oxygen atoms in total. The second-order valence-electron chi connectivity index (χ2n) is 2.86. The molecule has 0 radical (unpaired) electrons. The number of benzene rings is 1. The molecule has 0 aromatic heterocycles. The van der Waals surface area contributed by atoms with Gasteiger partial charge in [-0.25, -0.2) is 8.78 Å². The summed E-state index contributed by atoms with van der Waals surface area (Å²) in [5.41, 5.74) is -0.109. The molecular weight excluding hydrogens is 250 g/mol. The van der Waals surface area contributed by atoms with Crippen LogP contribution in [0.3, 0.4) is 0 Å². The summed E-state index contributed by atoms with van der Waals surface area (Å²) in [5.74, 6) is -1.97. The lowest BCUT2D eigenvalue weighted by atomic mass is 10.1. The third kappa shape index (κ3) is 3.35. The predicted octanol–water partition coefficient (Wildman–Crippen LogP) is 3.71. The van der Waals surface area contributed by atoms with E-state index in [4.69, 9.17) is 0 Å². The Bertz CT molecular complexity index is 424. The fourth-order valence-corrected chi connectivity index (χ4v) is 2.19. The van der Waals surface area contributed by atoms with E-state index in [-0.39, 0.29) is 5.56 Å². The van der Waals surface area contributed by atoms with Crippen molar-refractivity contribution >= 4 is 29.3 Å². The predicted molar refractivity (Wildman–Crippen MR) is 65.8 cm³/mol. The third-order valence-corrected chi connectivity index (χ3v) is 3.89. The molecule has 0 aliphatic rings. The Hall–Kier alpha value is -0.810. The van der Waals surface area contributed by atoms with Crippen LogP contribution < -0.4 is 0 Å². The summed E-state index contributed by atoms with van der Waals surface area (Å²) in [5, 5.41) is 0. The van der Waals surface area contributed by atoms with Crippen molar-refractivity contribution in [3.63, 3.8) is 0 Å². The normalized spacial score (nSPS) is 10.0. The molecule has 0 aliphatic carbocycles. The molecule has 1 aromatic rings. The quantitative estimate of drug-likeness (QED) is 0.607. The van der Waals surface area contributed by atoms with Gasteiger partial charge in [0.05, 0.1) is 5.56 Å². The number of ketones is 1. The van der Waals surface area contributed by atoms with Crippen molar-refractivity contribution in [1.82, 2.24) is 0 Å². The molecule has 0 spiro atoms. The van der Waals surface area contributed by atoms with Gasteiger partial charge >= 0.3 is 0 Å². The van der Waals surface area contributed by atoms with E-state index in [1.807, 2.05) is 12.5 Å². The van der Waals surface area contributed by atoms with Crippen molar-refractivity contribution in [2.24, 2.45) is 0 Å². The maximum Gasteiger partial charge on any atom is 0.190 e. The van der Waals surface area contributed by atoms with Gasteiger partial charge in [0.1, 0.15) is 11.6 Å². The number of carbonyl (C=O) groups is 1. The van der Waals surface area contributed by atoms with Crippen LogP contribution in [0.1, 0.15) is 10.4 Å². The lowest BCUT2D eigenvalue weighted by Crippen LogP contribution is -1.99. The summed E-state index contributed by atoms with van der Waals surface area (Å²) in [6.07, 6.45) is 5.01. The molecule has 0 N–H and O–H groups in total. The molecule has 0 unspecified atom stereocenters. The van der Waals surface area contributed by atoms with Gasteiger partial charge in [-0.3, -0.25) is 4.79 Å². The number of rotatable bonds is 4. The van der Waals surface area contributed by atoms with Crippen LogP contribution in [0.25, 0.3) is 0 Å². The molecule has 16 heavy (non-hydrogen) atoms. The Morgan fingerprint density at radius 2 is 1.88 bits per heavy atom. The number of halogens is 2. The smallest absolute Gasteiger partial charge is 0.190 e. The van der Waals surface area contributed by atoms with E-state index in [0.717, 1.165) is 16.4 Å². The van der Waals surface area contributed by atoms with Crippen LogP contribution in [0.2, 0.25) is 0 Å². The molecule has 1 rings (SSSR count). The zero-order chi connectivity index (χ0) is 12.1. The van der Waals surface area contributed by atoms with E-state index in [2.05, 4.69) is 0 Å². The molecule has 86 valence electrons. The second-order valence-corrected chi connectivity index (χ2v) is 4.81. The highest BCUT2D eigenvalue weighted by molar-refractivity contribution is 8.21. The van der Waals surface area contributed by atoms with Crippen LogP contribution >= 0.6 is 23.5 Å². The number of thioether (sulfide) groups is 2. The lowest BCUT2D eigenvalue weighted by molar-refractivity contribution is 0.104. The Morgan fingerprint density at radius 1 is 1.25 bits per heavy atom. The summed E-state index contributed by atoms with van der Waals surface area (Å²) in [6, 6.07) is 2.93. The summed E-state index contributed by atoms with van der Waals surface area (Å²) in [6.45, 7) is 0. The molecule has 0 amide bonds. The molecule has 0 saturated heterocycles. The zero-order valence-corrected chi connectivity index (χ0v) is 10.4. The maximum atomic E-state index is 13.3. The summed E-state index contributed by atoms with van der Waals surface area (Å²) >= 11 is 2.82. The average Bonchev–Trinajstić information content (AvgIpc) is 2.25. The van der Waals surface area contributed by atoms with E-state index < -0.39 is 17.4 Å². The third-order valence-electron chi connectivity index (χ3n) is 1.85. The largest absolute Gasteiger partial charge is 0.289 e. The molecule has 0 fully saturated rings. The number of hydrogen-bond donors (Lipinski definition) is 0. The summed E-state index contributed by atoms with van der Waals surface area (Å²) < 4.78 is 26.7. The SMILES string of the molecule is CSC(=CC(=O)c1ccc(F)cc1F)SC. The van der Waals surface area contributed by atoms with Crippen molar-refractivity contribution in [3.8, 4) is 0 Å². The standard InChI is InChI=1S/C11H10F2OS2/c1-15-11(16-2)6-10(14)8-4-3-7(12)5-9(8)13/h3-6H,1-2H3. The van der Waals surface area contributed by atoms with Crippen LogP contribution in [0.5, 0.6) is 0 Å². The molecule has 0 atom stereocenters. The molecular formula is C11H10F2OS2. The van der Waals surface area contributed by atoms with Gasteiger partial charge in [-0.05, 0) is 24.6 Å². The van der Waals surface area contributed by atoms with Gasteiger partial charge in [0, 0.05) is 16.4 Å². The van der Waals surface area contributed by atoms with Gasteiger partial charge in [0.2, 0.25) is 0 Å². The van der Waals surface area contributed by atoms with E-state index in [0.29, 0.717) is 6.07 Å². The number of allylic oxidation sites excluding steroid dienone is 1. The molecule has 0 saturated carbocycles. The van der Waals surface area contributed by atoms with Crippen LogP contribution in [0, 0.1) is 11.6 Å². The second kappa shape index (κ2) is 6.06. The van der Waals surface area contributed by atoms with Gasteiger partial charge in [0.15, 0.2) is 5.78 Å². The van der Waals surface area contributed by atoms with Gasteiger partial charge in [-0.1, -0.05) is 0 Å². The number of carbonyl (C=O) groups excluding carboxylic acids is 1. The summed E-state index contributed by atoms with van der Waals surface area (Å²) in [4.78, 5) is 11.6. The van der Waals surface area contributed by atoms with Crippen molar-refractivity contribution < 1.29 is 13.6 Å². The Kier molecular flexibility index (Phi) is 5.02. The topological polar surface area (TPSA) is 17.1 Å². The first-order chi connectivity index (χ1) is 7.58. The Balaban J connectivity index is 3.01. The van der Waals surface area contributed by atoms with E-state index >= 15 is 0 Å². The van der Waals surface area contributed by atoms with Crippen LogP contribution in [-0.4, -0.2) is 18.3 Å². The van der Waals surface area contributed by atoms with Gasteiger partial charge in [-0.15, -0.1) is 23.5 Å². The van der Waals surface area contributed by atoms with Crippen LogP contribution in [0.15, 0.2) is 28.5 Å². The molecule has 5 heteroatoms. The van der Waals surface area contributed by atoms with Crippen molar-refractivity contribution in [1.29, 1.82) is 0 Å². The number of hydrogen-bond acceptors (Lipinski definition) is 3. The van der Waals surface area contributed by atoms with E-state index in [9.17, 15) is 13.6 Å². The molecule has 0 aliphatic heterocycles. The fourth-order valence-electron chi connectivity index (χ4n) is 1.08. The van der Waals surface area contributed by atoms with Gasteiger partial charge in [0.25, 0.3) is 0 Å². The monoisotopic (exact) mass is 260 g/mol. The van der Waals surface area contributed by atoms with E-state index in [1.54, 1.807) is 0 Å². The fraction of sp³-hybridized carbons (Fsp3) is 0.182. The van der Waals surface area contributed by atoms with Crippen LogP contribution in [-0.2, 0) is 0 Å². The van der Waals surface area contributed by atoms with Crippen molar-refractivity contribution in [2.75, 3.05) is 12.5 Å². The first-order valence-corrected chi connectivity index (χ1v) is 6.82. The minimum Gasteiger partial charge on any atom is -0.289 e. The molecule has 1 aromatic carbocycles. The van der Waals surface area contributed by atoms with Crippen molar-refractivity contribution in [3.05, 3.63) is 45.7 Å². The van der Waals surface area contributed by atoms with Crippen molar-refractivity contribution in [2.45, 2.75) is 0 Å². The maximum absolute atomic E-state index is 13.3. The highest BCUT2D eigenvalue weighted by atomic mass is 32.2. The molecule has 0 bridgehead atoms. The summed E-state index contributed by atoms with van der Waals surface area (Å²) in [7, 11) is 0. The van der Waals surface area contributed by atoms with Crippen LogP contribution in [0.4, 0.5) is 8.78 Å². The van der Waals surface area contributed by atoms with E-state index in [1.165, 1.54) is 29.6 Å². The highest BCUT2D eigenvalue weighted by Crippen LogP contribution is 2.24. The highest BCUT2D eigenvalue weighted by Gasteiger charge is 2.11. The van der Waals surface area contributed by atoms with Gasteiger partial charge < -0.3 is 0 Å². The minimum absolute atomic E-state index is 0.109. The lowest BCUT2D eigenvalue weighted by Gasteiger charge is -2.01. The van der Waals surface area contributed by atoms with Gasteiger partial charge in [-0.2, -0.15) is 0 Å². The minimum atomic E-state index is -0.831.